The van der Waals surface area contributed by atoms with Gasteiger partial charge >= 0.3 is 0 Å². The van der Waals surface area contributed by atoms with Gasteiger partial charge in [-0.05, 0) is 79.6 Å². The number of pyridine rings is 1. The normalized spacial score (nSPS) is 16.5. The monoisotopic (exact) mass is 1040 g/mol. The number of imide groups is 1. The zero-order valence-electron chi connectivity index (χ0n) is 41.2. The highest BCUT2D eigenvalue weighted by Gasteiger charge is 2.42. The molecule has 2 fully saturated rings. The average molecular weight is 1040 g/mol. The van der Waals surface area contributed by atoms with Crippen LogP contribution in [-0.4, -0.2) is 163 Å². The first-order chi connectivity index (χ1) is 35.9. The zero-order valence-corrected chi connectivity index (χ0v) is 42.0. The van der Waals surface area contributed by atoms with E-state index in [1.54, 1.807) is 36.4 Å². The fourth-order valence-electron chi connectivity index (χ4n) is 9.01. The summed E-state index contributed by atoms with van der Waals surface area (Å²) in [6, 6.07) is 15.5. The molecule has 1 aromatic heterocycles. The minimum atomic E-state index is -4.04. The van der Waals surface area contributed by atoms with Gasteiger partial charge in [0.25, 0.3) is 17.7 Å². The van der Waals surface area contributed by atoms with Crippen molar-refractivity contribution in [3.8, 4) is 22.3 Å². The topological polar surface area (TPSA) is 259 Å². The Morgan fingerprint density at radius 1 is 0.757 bits per heavy atom. The summed E-state index contributed by atoms with van der Waals surface area (Å²) in [5.41, 5.74) is 10.8. The number of aromatic nitrogens is 1. The molecule has 1 unspecified atom stereocenters. The number of piperidine rings is 1. The number of ether oxygens (including phenoxy) is 5. The van der Waals surface area contributed by atoms with E-state index in [9.17, 15) is 32.4 Å². The SMILES string of the molecule is Nc1ncc(-c2ccc(S(=O)(=O)N(CCCNC(=O)CCOCCOCCOCCOCCOCCNc3cccc4c3C(=O)N(C3CCC(=O)NC3)C4=O)C3CC3)cc2F)cc1-c1ccc2c(c1)CCNC2=O. The van der Waals surface area contributed by atoms with Crippen LogP contribution >= 0.6 is 0 Å². The highest BCUT2D eigenvalue weighted by Crippen LogP contribution is 2.36. The van der Waals surface area contributed by atoms with Crippen molar-refractivity contribution < 1.29 is 60.5 Å². The van der Waals surface area contributed by atoms with E-state index in [1.807, 2.05) is 6.07 Å². The van der Waals surface area contributed by atoms with Gasteiger partial charge in [0.15, 0.2) is 0 Å². The fourth-order valence-corrected chi connectivity index (χ4v) is 10.8. The smallest absolute Gasteiger partial charge is 0.263 e. The van der Waals surface area contributed by atoms with Crippen molar-refractivity contribution in [2.75, 3.05) is 110 Å². The van der Waals surface area contributed by atoms with Crippen LogP contribution in [-0.2, 0) is 49.7 Å². The quantitative estimate of drug-likeness (QED) is 0.0385. The van der Waals surface area contributed by atoms with Crippen molar-refractivity contribution in [2.24, 2.45) is 0 Å². The molecule has 6 N–H and O–H groups in total. The van der Waals surface area contributed by atoms with E-state index in [0.29, 0.717) is 138 Å². The molecule has 5 amide bonds. The second-order valence-electron chi connectivity index (χ2n) is 18.2. The highest BCUT2D eigenvalue weighted by molar-refractivity contribution is 7.89. The van der Waals surface area contributed by atoms with Crippen molar-refractivity contribution >= 4 is 51.1 Å². The number of nitrogens with zero attached hydrogens (tertiary/aromatic N) is 3. The van der Waals surface area contributed by atoms with Gasteiger partial charge in [0.2, 0.25) is 21.8 Å². The van der Waals surface area contributed by atoms with Gasteiger partial charge in [-0.1, -0.05) is 24.3 Å². The van der Waals surface area contributed by atoms with Crippen LogP contribution in [0.1, 0.15) is 75.2 Å². The van der Waals surface area contributed by atoms with Gasteiger partial charge in [-0.25, -0.2) is 17.8 Å². The second kappa shape index (κ2) is 25.7. The molecule has 0 radical (unpaired) electrons. The molecule has 20 nitrogen and oxygen atoms in total. The van der Waals surface area contributed by atoms with Crippen molar-refractivity contribution in [3.63, 3.8) is 0 Å². The van der Waals surface area contributed by atoms with Crippen LogP contribution in [0.3, 0.4) is 0 Å². The van der Waals surface area contributed by atoms with Gasteiger partial charge in [0.1, 0.15) is 11.6 Å². The summed E-state index contributed by atoms with van der Waals surface area (Å²) in [4.78, 5) is 67.9. The molecule has 1 saturated carbocycles. The fraction of sp³-hybridized carbons (Fsp3) is 0.462. The number of rotatable bonds is 29. The van der Waals surface area contributed by atoms with Crippen LogP contribution in [0, 0.1) is 5.82 Å². The maximum atomic E-state index is 15.8. The van der Waals surface area contributed by atoms with Crippen molar-refractivity contribution in [2.45, 2.75) is 61.9 Å². The highest BCUT2D eigenvalue weighted by atomic mass is 32.2. The lowest BCUT2D eigenvalue weighted by Crippen LogP contribution is -2.50. The van der Waals surface area contributed by atoms with Crippen LogP contribution in [0.4, 0.5) is 15.9 Å². The Labute approximate surface area is 429 Å². The van der Waals surface area contributed by atoms with E-state index >= 15 is 4.39 Å². The van der Waals surface area contributed by atoms with Gasteiger partial charge in [0, 0.05) is 85.7 Å². The third-order valence-corrected chi connectivity index (χ3v) is 15.0. The summed E-state index contributed by atoms with van der Waals surface area (Å²) in [5.74, 6) is -1.65. The molecule has 3 aliphatic heterocycles. The summed E-state index contributed by atoms with van der Waals surface area (Å²) in [6.45, 7) is 5.00. The predicted molar refractivity (Wildman–Crippen MR) is 270 cm³/mol. The molecule has 396 valence electrons. The van der Waals surface area contributed by atoms with Crippen molar-refractivity contribution in [3.05, 3.63) is 94.9 Å². The molecule has 74 heavy (non-hydrogen) atoms. The lowest BCUT2D eigenvalue weighted by Gasteiger charge is -2.29. The van der Waals surface area contributed by atoms with Crippen LogP contribution in [0.2, 0.25) is 0 Å². The predicted octanol–water partition coefficient (Wildman–Crippen LogP) is 3.54. The minimum absolute atomic E-state index is 0.0828. The van der Waals surface area contributed by atoms with Crippen molar-refractivity contribution in [1.29, 1.82) is 0 Å². The molecule has 1 saturated heterocycles. The number of nitrogens with one attached hydrogen (secondary N) is 4. The molecule has 4 aromatic rings. The summed E-state index contributed by atoms with van der Waals surface area (Å²) in [7, 11) is -4.04. The molecule has 1 aliphatic carbocycles. The Bertz CT molecular complexity index is 2790. The number of nitrogen functional groups attached to an aromatic ring is 1. The molecule has 8 rings (SSSR count). The van der Waals surface area contributed by atoms with E-state index in [4.69, 9.17) is 29.4 Å². The molecule has 4 heterocycles. The number of fused-ring (bicyclic) bond motifs is 2. The van der Waals surface area contributed by atoms with Crippen molar-refractivity contribution in [1.82, 2.24) is 30.1 Å². The Kier molecular flexibility index (Phi) is 18.7. The van der Waals surface area contributed by atoms with E-state index in [2.05, 4.69) is 26.3 Å². The van der Waals surface area contributed by atoms with Crippen LogP contribution < -0.4 is 27.0 Å². The standard InChI is InChI=1S/C52H63FN8O12S/c53-44-31-39(9-11-40(44)36-30-43(49(54)59-32-36)34-5-10-41-35(29-34)13-16-57-50(41)64)74(67,68)60(37-6-7-37)18-2-15-56-47(63)14-19-69-21-23-71-25-27-73-28-26-72-24-22-70-20-17-55-45-4-1-3-42-48(45)52(66)61(51(42)65)38-8-12-46(62)58-33-38/h1,3-5,9-11,29-32,37-38,55H,2,6-8,12-28,33H2,(H2,54,59)(H,56,63)(H,57,64)(H,58,62). The third-order valence-electron chi connectivity index (χ3n) is 13.0. The maximum Gasteiger partial charge on any atom is 0.263 e. The Morgan fingerprint density at radius 3 is 2.15 bits per heavy atom. The lowest BCUT2D eigenvalue weighted by molar-refractivity contribution is -0.123. The molecule has 0 spiro atoms. The number of anilines is 2. The number of hydrogen-bond donors (Lipinski definition) is 5. The van der Waals surface area contributed by atoms with Gasteiger partial charge in [-0.15, -0.1) is 0 Å². The van der Waals surface area contributed by atoms with E-state index in [-0.39, 0.29) is 97.0 Å². The van der Waals surface area contributed by atoms with Gasteiger partial charge in [0.05, 0.1) is 88.1 Å². The number of amides is 5. The molecule has 3 aromatic carbocycles. The van der Waals surface area contributed by atoms with Crippen LogP contribution in [0.15, 0.2) is 71.8 Å². The number of carbonyl (C=O) groups excluding carboxylic acids is 5. The summed E-state index contributed by atoms with van der Waals surface area (Å²) in [6.07, 6.45) is 4.72. The summed E-state index contributed by atoms with van der Waals surface area (Å²) in [5, 5.41) is 11.6. The summed E-state index contributed by atoms with van der Waals surface area (Å²) < 4.78 is 72.5. The average Bonchev–Trinajstić information content (AvgIpc) is 4.20. The maximum absolute atomic E-state index is 15.8. The van der Waals surface area contributed by atoms with Crippen LogP contribution in [0.5, 0.6) is 0 Å². The Hall–Kier alpha value is -6.40. The Balaban J connectivity index is 0.633. The number of benzene rings is 3. The van der Waals surface area contributed by atoms with Gasteiger partial charge in [-0.3, -0.25) is 28.9 Å². The largest absolute Gasteiger partial charge is 0.383 e. The van der Waals surface area contributed by atoms with Gasteiger partial charge in [-0.2, -0.15) is 4.31 Å². The second-order valence-corrected chi connectivity index (χ2v) is 20.1. The first kappa shape index (κ1) is 53.9. The Morgan fingerprint density at radius 2 is 1.46 bits per heavy atom. The number of nitrogens with two attached hydrogens (primary N) is 1. The van der Waals surface area contributed by atoms with Gasteiger partial charge < -0.3 is 50.7 Å². The molecule has 0 bridgehead atoms. The lowest BCUT2D eigenvalue weighted by atomic mass is 9.94. The number of hydrogen-bond acceptors (Lipinski definition) is 15. The summed E-state index contributed by atoms with van der Waals surface area (Å²) >= 11 is 0. The zero-order chi connectivity index (χ0) is 52.0. The van der Waals surface area contributed by atoms with E-state index in [0.717, 1.165) is 17.2 Å². The minimum Gasteiger partial charge on any atom is -0.383 e. The molecule has 4 aliphatic rings. The molecule has 1 atom stereocenters. The van der Waals surface area contributed by atoms with Crippen LogP contribution in [0.25, 0.3) is 22.3 Å². The first-order valence-electron chi connectivity index (χ1n) is 25.1. The van der Waals surface area contributed by atoms with E-state index in [1.165, 1.54) is 27.5 Å². The molecular formula is C52H63FN8O12S. The van der Waals surface area contributed by atoms with E-state index < -0.39 is 15.8 Å². The molecule has 22 heteroatoms. The number of carbonyl (C=O) groups is 5. The first-order valence-corrected chi connectivity index (χ1v) is 26.5. The third kappa shape index (κ3) is 13.7. The molecular weight excluding hydrogens is 980 g/mol. The number of halogens is 1. The number of sulfonamides is 1.